The summed E-state index contributed by atoms with van der Waals surface area (Å²) >= 11 is 0. The van der Waals surface area contributed by atoms with E-state index in [1.807, 2.05) is 6.07 Å². The average molecular weight is 316 g/mol. The zero-order valence-corrected chi connectivity index (χ0v) is 13.4. The predicted molar refractivity (Wildman–Crippen MR) is 87.9 cm³/mol. The van der Waals surface area contributed by atoms with Crippen LogP contribution in [0.1, 0.15) is 54.1 Å². The molecule has 0 radical (unpaired) electrons. The van der Waals surface area contributed by atoms with E-state index in [4.69, 9.17) is 4.74 Å². The number of aromatic carboxylic acids is 1. The Balaban J connectivity index is 2.11. The van der Waals surface area contributed by atoms with Gasteiger partial charge in [-0.15, -0.1) is 0 Å². The summed E-state index contributed by atoms with van der Waals surface area (Å²) in [4.78, 5) is 11.4. The van der Waals surface area contributed by atoms with Crippen LogP contribution < -0.4 is 0 Å². The lowest BCUT2D eigenvalue weighted by atomic mass is 9.98. The number of hydrogen-bond donors (Lipinski definition) is 1. The summed E-state index contributed by atoms with van der Waals surface area (Å²) in [6.45, 7) is 3.62. The Bertz CT molecular complexity index is 667. The van der Waals surface area contributed by atoms with Crippen molar-refractivity contribution in [1.82, 2.24) is 0 Å². The van der Waals surface area contributed by atoms with Crippen molar-refractivity contribution in [3.05, 3.63) is 70.8 Å². The van der Waals surface area contributed by atoms with Gasteiger partial charge in [0.2, 0.25) is 0 Å². The van der Waals surface area contributed by atoms with E-state index in [-0.39, 0.29) is 18.0 Å². The predicted octanol–water partition coefficient (Wildman–Crippen LogP) is 5.11. The van der Waals surface area contributed by atoms with Crippen molar-refractivity contribution in [2.75, 3.05) is 0 Å². The molecule has 0 saturated heterocycles. The SMILES string of the molecule is C\C=C(F)/C=C\C(C)=C\OCc1c(C(=O)O)cccc1C1CC1. The second-order valence-corrected chi connectivity index (χ2v) is 5.63. The fourth-order valence-electron chi connectivity index (χ4n) is 2.35. The van der Waals surface area contributed by atoms with Gasteiger partial charge in [-0.3, -0.25) is 0 Å². The van der Waals surface area contributed by atoms with E-state index in [1.54, 1.807) is 32.1 Å². The van der Waals surface area contributed by atoms with Crippen LogP contribution >= 0.6 is 0 Å². The number of carbonyl (C=O) groups is 1. The van der Waals surface area contributed by atoms with E-state index in [9.17, 15) is 14.3 Å². The van der Waals surface area contributed by atoms with E-state index >= 15 is 0 Å². The Morgan fingerprint density at radius 2 is 2.13 bits per heavy atom. The number of ether oxygens (including phenoxy) is 1. The van der Waals surface area contributed by atoms with E-state index in [2.05, 4.69) is 0 Å². The molecule has 3 nitrogen and oxygen atoms in total. The zero-order valence-electron chi connectivity index (χ0n) is 13.4. The van der Waals surface area contributed by atoms with Crippen LogP contribution in [0.3, 0.4) is 0 Å². The summed E-state index contributed by atoms with van der Waals surface area (Å²) < 4.78 is 18.5. The average Bonchev–Trinajstić information content (AvgIpc) is 3.37. The molecule has 1 fully saturated rings. The highest BCUT2D eigenvalue weighted by Crippen LogP contribution is 2.42. The van der Waals surface area contributed by atoms with Gasteiger partial charge in [-0.25, -0.2) is 9.18 Å². The molecule has 1 saturated carbocycles. The Morgan fingerprint density at radius 3 is 2.74 bits per heavy atom. The minimum absolute atomic E-state index is 0.200. The molecule has 2 rings (SSSR count). The summed E-state index contributed by atoms with van der Waals surface area (Å²) in [6.07, 6.45) is 8.05. The lowest BCUT2D eigenvalue weighted by Gasteiger charge is -2.12. The number of carboxylic acids is 1. The van der Waals surface area contributed by atoms with E-state index in [1.165, 1.54) is 18.4 Å². The molecular formula is C19H21FO3. The molecule has 122 valence electrons. The van der Waals surface area contributed by atoms with Gasteiger partial charge in [0.15, 0.2) is 0 Å². The van der Waals surface area contributed by atoms with Gasteiger partial charge in [-0.05, 0) is 55.9 Å². The molecule has 0 spiro atoms. The molecule has 1 N–H and O–H groups in total. The van der Waals surface area contributed by atoms with Crippen molar-refractivity contribution in [3.63, 3.8) is 0 Å². The minimum Gasteiger partial charge on any atom is -0.496 e. The van der Waals surface area contributed by atoms with Crippen LogP contribution in [0.15, 0.2) is 54.1 Å². The molecule has 1 aromatic rings. The summed E-state index contributed by atoms with van der Waals surface area (Å²) in [6, 6.07) is 5.36. The Hall–Kier alpha value is -2.36. The largest absolute Gasteiger partial charge is 0.496 e. The first-order valence-corrected chi connectivity index (χ1v) is 7.66. The molecule has 0 aromatic heterocycles. The highest BCUT2D eigenvalue weighted by Gasteiger charge is 2.28. The third kappa shape index (κ3) is 4.81. The van der Waals surface area contributed by atoms with Crippen molar-refractivity contribution in [2.24, 2.45) is 0 Å². The van der Waals surface area contributed by atoms with Crippen LogP contribution in [0.5, 0.6) is 0 Å². The van der Waals surface area contributed by atoms with Gasteiger partial charge in [-0.1, -0.05) is 24.3 Å². The molecular weight excluding hydrogens is 295 g/mol. The van der Waals surface area contributed by atoms with Crippen molar-refractivity contribution in [3.8, 4) is 0 Å². The minimum atomic E-state index is -0.943. The summed E-state index contributed by atoms with van der Waals surface area (Å²) in [5.74, 6) is -0.812. The number of hydrogen-bond acceptors (Lipinski definition) is 2. The molecule has 0 aliphatic heterocycles. The summed E-state index contributed by atoms with van der Waals surface area (Å²) in [7, 11) is 0. The van der Waals surface area contributed by atoms with Gasteiger partial charge >= 0.3 is 5.97 Å². The van der Waals surface area contributed by atoms with Crippen molar-refractivity contribution < 1.29 is 19.0 Å². The third-order valence-corrected chi connectivity index (χ3v) is 3.74. The van der Waals surface area contributed by atoms with E-state index in [0.717, 1.165) is 29.5 Å². The standard InChI is InChI=1S/C19H21FO3/c1-3-15(20)10-7-13(2)11-23-12-18-16(14-8-9-14)5-4-6-17(18)19(21)22/h3-7,10-11,14H,8-9,12H2,1-2H3,(H,21,22)/b10-7-,13-11+,15-3+. The van der Waals surface area contributed by atoms with Crippen LogP contribution in [0.2, 0.25) is 0 Å². The van der Waals surface area contributed by atoms with Gasteiger partial charge in [0, 0.05) is 5.56 Å². The molecule has 4 heteroatoms. The highest BCUT2D eigenvalue weighted by molar-refractivity contribution is 5.89. The second-order valence-electron chi connectivity index (χ2n) is 5.63. The Kier molecular flexibility index (Phi) is 5.74. The number of halogens is 1. The molecule has 1 aromatic carbocycles. The Labute approximate surface area is 135 Å². The lowest BCUT2D eigenvalue weighted by Crippen LogP contribution is -2.06. The van der Waals surface area contributed by atoms with Crippen LogP contribution in [0.25, 0.3) is 0 Å². The second kappa shape index (κ2) is 7.77. The fraction of sp³-hybridized carbons (Fsp3) is 0.316. The maximum atomic E-state index is 13.0. The van der Waals surface area contributed by atoms with Crippen LogP contribution in [-0.2, 0) is 11.3 Å². The van der Waals surface area contributed by atoms with E-state index < -0.39 is 5.97 Å². The first kappa shape index (κ1) is 17.0. The van der Waals surface area contributed by atoms with Crippen molar-refractivity contribution in [1.29, 1.82) is 0 Å². The maximum Gasteiger partial charge on any atom is 0.336 e. The number of rotatable bonds is 7. The third-order valence-electron chi connectivity index (χ3n) is 3.74. The summed E-state index contributed by atoms with van der Waals surface area (Å²) in [5, 5.41) is 9.34. The molecule has 0 heterocycles. The van der Waals surface area contributed by atoms with Crippen LogP contribution in [0, 0.1) is 0 Å². The maximum absolute atomic E-state index is 13.0. The molecule has 1 aliphatic carbocycles. The lowest BCUT2D eigenvalue weighted by molar-refractivity contribution is 0.0692. The van der Waals surface area contributed by atoms with Gasteiger partial charge in [0.25, 0.3) is 0 Å². The Morgan fingerprint density at radius 1 is 1.39 bits per heavy atom. The number of allylic oxidation sites excluding steroid dienone is 5. The first-order valence-electron chi connectivity index (χ1n) is 7.66. The first-order chi connectivity index (χ1) is 11.0. The normalized spacial score (nSPS) is 16.0. The van der Waals surface area contributed by atoms with Crippen LogP contribution in [0.4, 0.5) is 4.39 Å². The van der Waals surface area contributed by atoms with Crippen LogP contribution in [-0.4, -0.2) is 11.1 Å². The van der Waals surface area contributed by atoms with Gasteiger partial charge in [0.05, 0.1) is 11.8 Å². The highest BCUT2D eigenvalue weighted by atomic mass is 19.1. The quantitative estimate of drug-likeness (QED) is 0.561. The monoisotopic (exact) mass is 316 g/mol. The summed E-state index contributed by atoms with van der Waals surface area (Å²) in [5.41, 5.74) is 2.83. The van der Waals surface area contributed by atoms with E-state index in [0.29, 0.717) is 5.92 Å². The van der Waals surface area contributed by atoms with Gasteiger partial charge < -0.3 is 9.84 Å². The zero-order chi connectivity index (χ0) is 16.8. The number of benzene rings is 1. The number of carboxylic acid groups (broad SMARTS) is 1. The fourth-order valence-corrected chi connectivity index (χ4v) is 2.35. The van der Waals surface area contributed by atoms with Crippen molar-refractivity contribution in [2.45, 2.75) is 39.2 Å². The molecule has 0 unspecified atom stereocenters. The molecule has 0 bridgehead atoms. The molecule has 0 amide bonds. The van der Waals surface area contributed by atoms with Gasteiger partial charge in [0.1, 0.15) is 12.4 Å². The smallest absolute Gasteiger partial charge is 0.336 e. The molecule has 0 atom stereocenters. The van der Waals surface area contributed by atoms with Gasteiger partial charge in [-0.2, -0.15) is 0 Å². The molecule has 1 aliphatic rings. The molecule has 23 heavy (non-hydrogen) atoms. The topological polar surface area (TPSA) is 46.5 Å². The van der Waals surface area contributed by atoms with Crippen molar-refractivity contribution >= 4 is 5.97 Å².